The number of hydrogen-bond acceptors (Lipinski definition) is 5. The van der Waals surface area contributed by atoms with Crippen molar-refractivity contribution in [3.63, 3.8) is 0 Å². The predicted molar refractivity (Wildman–Crippen MR) is 131 cm³/mol. The molecule has 3 N–H and O–H groups in total. The molecule has 9 heteroatoms. The van der Waals surface area contributed by atoms with Crippen molar-refractivity contribution < 1.29 is 19.1 Å². The molecule has 2 fully saturated rings. The summed E-state index contributed by atoms with van der Waals surface area (Å²) < 4.78 is 7.01. The van der Waals surface area contributed by atoms with Crippen molar-refractivity contribution in [3.8, 4) is 0 Å². The number of carbonyl (C=O) groups excluding carboxylic acids is 3. The van der Waals surface area contributed by atoms with Gasteiger partial charge in [-0.2, -0.15) is 5.10 Å². The van der Waals surface area contributed by atoms with Crippen molar-refractivity contribution in [1.82, 2.24) is 15.1 Å². The molecular formula is C26H33N5O4. The van der Waals surface area contributed by atoms with Crippen LogP contribution in [0.15, 0.2) is 24.3 Å². The monoisotopic (exact) mass is 479 g/mol. The fraction of sp³-hybridized carbons (Fsp3) is 0.538. The molecule has 1 aromatic heterocycles. The first kappa shape index (κ1) is 23.5. The number of amides is 3. The van der Waals surface area contributed by atoms with Crippen LogP contribution in [0.2, 0.25) is 0 Å². The van der Waals surface area contributed by atoms with Gasteiger partial charge >= 0.3 is 0 Å². The molecule has 3 amide bonds. The molecule has 1 aliphatic carbocycles. The Morgan fingerprint density at radius 3 is 2.60 bits per heavy atom. The molecule has 1 unspecified atom stereocenters. The maximum Gasteiger partial charge on any atom is 0.270 e. The topological polar surface area (TPSA) is 114 Å². The van der Waals surface area contributed by atoms with Gasteiger partial charge in [-0.3, -0.25) is 19.1 Å². The molecule has 1 saturated heterocycles. The number of fused-ring (bicyclic) bond motifs is 2. The van der Waals surface area contributed by atoms with Crippen LogP contribution in [0.4, 0.5) is 11.4 Å². The van der Waals surface area contributed by atoms with Crippen LogP contribution < -0.4 is 16.0 Å². The normalized spacial score (nSPS) is 20.2. The van der Waals surface area contributed by atoms with Gasteiger partial charge in [0.15, 0.2) is 0 Å². The Morgan fingerprint density at radius 1 is 1.17 bits per heavy atom. The minimum atomic E-state index is -0.650. The highest BCUT2D eigenvalue weighted by Gasteiger charge is 2.47. The molecule has 1 saturated carbocycles. The highest BCUT2D eigenvalue weighted by atomic mass is 16.5. The lowest BCUT2D eigenvalue weighted by molar-refractivity contribution is -0.124. The molecule has 1 atom stereocenters. The number of hydrogen-bond donors (Lipinski definition) is 3. The Kier molecular flexibility index (Phi) is 6.35. The van der Waals surface area contributed by atoms with Gasteiger partial charge in [-0.1, -0.05) is 25.3 Å². The van der Waals surface area contributed by atoms with E-state index in [1.165, 1.54) is 4.68 Å². The van der Waals surface area contributed by atoms with E-state index >= 15 is 0 Å². The highest BCUT2D eigenvalue weighted by Crippen LogP contribution is 2.45. The fourth-order valence-corrected chi connectivity index (χ4v) is 5.85. The summed E-state index contributed by atoms with van der Waals surface area (Å²) in [6.45, 7) is 2.95. The van der Waals surface area contributed by atoms with Gasteiger partial charge in [0.2, 0.25) is 11.8 Å². The van der Waals surface area contributed by atoms with Gasteiger partial charge in [0.25, 0.3) is 5.91 Å². The summed E-state index contributed by atoms with van der Waals surface area (Å²) >= 11 is 0. The Hall–Kier alpha value is -3.20. The largest absolute Gasteiger partial charge is 0.381 e. The lowest BCUT2D eigenvalue weighted by atomic mass is 9.75. The number of aryl methyl sites for hydroxylation is 2. The second-order valence-electron chi connectivity index (χ2n) is 10.0. The van der Waals surface area contributed by atoms with Crippen molar-refractivity contribution in [2.45, 2.75) is 63.3 Å². The fourth-order valence-electron chi connectivity index (χ4n) is 5.85. The standard InChI is InChI=1S/C26H33N5O4/c1-16-14-21(31(2)30-16)23(32)29-22(17-6-4-3-5-7-17)24(33)27-18-8-9-19-20(15-18)28-25(34)26(19)10-12-35-13-11-26/h8-9,14-15,17,22H,3-7,10-13H2,1-2H3,(H,27,33)(H,28,34)(H,29,32). The summed E-state index contributed by atoms with van der Waals surface area (Å²) in [6, 6.07) is 6.67. The molecule has 1 spiro atoms. The van der Waals surface area contributed by atoms with Crippen molar-refractivity contribution in [2.75, 3.05) is 23.8 Å². The van der Waals surface area contributed by atoms with Crippen LogP contribution in [0.1, 0.15) is 66.7 Å². The average molecular weight is 480 g/mol. The van der Waals surface area contributed by atoms with Gasteiger partial charge in [-0.25, -0.2) is 0 Å². The number of rotatable bonds is 5. The van der Waals surface area contributed by atoms with E-state index in [1.54, 1.807) is 13.1 Å². The Balaban J connectivity index is 1.35. The van der Waals surface area contributed by atoms with Crippen molar-refractivity contribution >= 4 is 29.1 Å². The zero-order valence-corrected chi connectivity index (χ0v) is 20.4. The summed E-state index contributed by atoms with van der Waals surface area (Å²) in [7, 11) is 1.72. The van der Waals surface area contributed by atoms with E-state index in [-0.39, 0.29) is 23.6 Å². The summed E-state index contributed by atoms with van der Waals surface area (Å²) in [4.78, 5) is 39.3. The first-order valence-corrected chi connectivity index (χ1v) is 12.5. The van der Waals surface area contributed by atoms with Gasteiger partial charge < -0.3 is 20.7 Å². The van der Waals surface area contributed by atoms with E-state index in [9.17, 15) is 14.4 Å². The molecule has 0 radical (unpaired) electrons. The van der Waals surface area contributed by atoms with Gasteiger partial charge in [0, 0.05) is 31.6 Å². The van der Waals surface area contributed by atoms with Gasteiger partial charge in [0.05, 0.1) is 11.1 Å². The minimum absolute atomic E-state index is 0.00177. The summed E-state index contributed by atoms with van der Waals surface area (Å²) in [5.41, 5.74) is 2.93. The Labute approximate surface area is 205 Å². The molecule has 35 heavy (non-hydrogen) atoms. The van der Waals surface area contributed by atoms with Crippen LogP contribution >= 0.6 is 0 Å². The molecular weight excluding hydrogens is 446 g/mol. The van der Waals surface area contributed by atoms with Crippen LogP contribution in [0.3, 0.4) is 0 Å². The van der Waals surface area contributed by atoms with Crippen molar-refractivity contribution in [2.24, 2.45) is 13.0 Å². The second kappa shape index (κ2) is 9.45. The molecule has 3 heterocycles. The molecule has 2 aromatic rings. The number of benzene rings is 1. The third kappa shape index (κ3) is 4.45. The quantitative estimate of drug-likeness (QED) is 0.610. The first-order chi connectivity index (χ1) is 16.9. The lowest BCUT2D eigenvalue weighted by Gasteiger charge is -2.31. The summed E-state index contributed by atoms with van der Waals surface area (Å²) in [5, 5.41) is 13.2. The van der Waals surface area contributed by atoms with E-state index in [0.717, 1.165) is 49.0 Å². The number of aromatic nitrogens is 2. The Morgan fingerprint density at radius 2 is 1.91 bits per heavy atom. The average Bonchev–Trinajstić information content (AvgIpc) is 3.33. The second-order valence-corrected chi connectivity index (χ2v) is 10.0. The van der Waals surface area contributed by atoms with Crippen molar-refractivity contribution in [3.05, 3.63) is 41.2 Å². The van der Waals surface area contributed by atoms with E-state index in [2.05, 4.69) is 21.0 Å². The van der Waals surface area contributed by atoms with Crippen LogP contribution in [-0.4, -0.2) is 46.8 Å². The molecule has 9 nitrogen and oxygen atoms in total. The van der Waals surface area contributed by atoms with Crippen molar-refractivity contribution in [1.29, 1.82) is 0 Å². The molecule has 186 valence electrons. The summed E-state index contributed by atoms with van der Waals surface area (Å²) in [5.74, 6) is -0.476. The van der Waals surface area contributed by atoms with Crippen LogP contribution in [0, 0.1) is 12.8 Å². The number of nitrogens with one attached hydrogen (secondary N) is 3. The predicted octanol–water partition coefficient (Wildman–Crippen LogP) is 3.05. The van der Waals surface area contributed by atoms with Gasteiger partial charge in [-0.15, -0.1) is 0 Å². The van der Waals surface area contributed by atoms with Gasteiger partial charge in [0.1, 0.15) is 11.7 Å². The lowest BCUT2D eigenvalue weighted by Crippen LogP contribution is -2.49. The molecule has 0 bridgehead atoms. The zero-order valence-electron chi connectivity index (χ0n) is 20.4. The number of carbonyl (C=O) groups is 3. The van der Waals surface area contributed by atoms with E-state index < -0.39 is 11.5 Å². The SMILES string of the molecule is Cc1cc(C(=O)NC(C(=O)Nc2ccc3c(c2)NC(=O)C32CCOCC2)C2CCCCC2)n(C)n1. The minimum Gasteiger partial charge on any atom is -0.381 e. The molecule has 1 aromatic carbocycles. The third-order valence-electron chi connectivity index (χ3n) is 7.76. The summed E-state index contributed by atoms with van der Waals surface area (Å²) in [6.07, 6.45) is 6.34. The third-order valence-corrected chi connectivity index (χ3v) is 7.76. The molecule has 2 aliphatic heterocycles. The van der Waals surface area contributed by atoms with Gasteiger partial charge in [-0.05, 0) is 62.3 Å². The number of anilines is 2. The smallest absolute Gasteiger partial charge is 0.270 e. The van der Waals surface area contributed by atoms with Crippen LogP contribution in [-0.2, 0) is 26.8 Å². The number of nitrogens with zero attached hydrogens (tertiary/aromatic N) is 2. The molecule has 3 aliphatic rings. The number of ether oxygens (including phenoxy) is 1. The molecule has 5 rings (SSSR count). The zero-order chi connectivity index (χ0) is 24.6. The van der Waals surface area contributed by atoms with E-state index in [0.29, 0.717) is 37.4 Å². The Bertz CT molecular complexity index is 1140. The van der Waals surface area contributed by atoms with E-state index in [4.69, 9.17) is 4.74 Å². The maximum atomic E-state index is 13.5. The maximum absolute atomic E-state index is 13.5. The van der Waals surface area contributed by atoms with Crippen LogP contribution in [0.25, 0.3) is 0 Å². The first-order valence-electron chi connectivity index (χ1n) is 12.5. The van der Waals surface area contributed by atoms with Crippen LogP contribution in [0.5, 0.6) is 0 Å². The highest BCUT2D eigenvalue weighted by molar-refractivity contribution is 6.07. The van der Waals surface area contributed by atoms with E-state index in [1.807, 2.05) is 25.1 Å².